The van der Waals surface area contributed by atoms with Crippen LogP contribution in [-0.2, 0) is 9.53 Å². The zero-order valence-corrected chi connectivity index (χ0v) is 21.8. The van der Waals surface area contributed by atoms with Crippen molar-refractivity contribution in [3.05, 3.63) is 132 Å². The Hall–Kier alpha value is -3.83. The molecule has 0 aliphatic rings. The van der Waals surface area contributed by atoms with Gasteiger partial charge in [0, 0.05) is 17.1 Å². The molecule has 1 amide bonds. The van der Waals surface area contributed by atoms with Crippen molar-refractivity contribution in [2.45, 2.75) is 24.2 Å². The molecule has 0 saturated heterocycles. The Morgan fingerprint density at radius 1 is 0.757 bits per heavy atom. The SMILES string of the molecule is CCOC(=O)c1ccc(N(CCCSc2ccccc2)C(=O)C(c2ccccc2)c2ccccc2)cc1. The van der Waals surface area contributed by atoms with Crippen molar-refractivity contribution in [2.24, 2.45) is 0 Å². The van der Waals surface area contributed by atoms with Crippen LogP contribution in [0.15, 0.2) is 120 Å². The number of thioether (sulfide) groups is 1. The number of benzene rings is 4. The minimum atomic E-state index is -0.436. The van der Waals surface area contributed by atoms with Crippen molar-refractivity contribution in [2.75, 3.05) is 23.8 Å². The van der Waals surface area contributed by atoms with Crippen LogP contribution in [0, 0.1) is 0 Å². The summed E-state index contributed by atoms with van der Waals surface area (Å²) in [6.45, 7) is 2.67. The second-order valence-electron chi connectivity index (χ2n) is 8.53. The van der Waals surface area contributed by atoms with Gasteiger partial charge in [0.25, 0.3) is 0 Å². The molecule has 37 heavy (non-hydrogen) atoms. The van der Waals surface area contributed by atoms with E-state index in [9.17, 15) is 9.59 Å². The minimum Gasteiger partial charge on any atom is -0.462 e. The smallest absolute Gasteiger partial charge is 0.338 e. The maximum absolute atomic E-state index is 14.3. The number of carbonyl (C=O) groups is 2. The van der Waals surface area contributed by atoms with E-state index in [-0.39, 0.29) is 11.9 Å². The van der Waals surface area contributed by atoms with E-state index in [2.05, 4.69) is 12.1 Å². The van der Waals surface area contributed by atoms with E-state index in [0.717, 1.165) is 29.0 Å². The molecule has 0 N–H and O–H groups in total. The Balaban J connectivity index is 1.61. The highest BCUT2D eigenvalue weighted by molar-refractivity contribution is 7.99. The number of esters is 1. The Bertz CT molecular complexity index is 1220. The normalized spacial score (nSPS) is 10.8. The molecule has 0 aliphatic carbocycles. The average Bonchev–Trinajstić information content (AvgIpc) is 2.95. The Morgan fingerprint density at radius 2 is 1.30 bits per heavy atom. The van der Waals surface area contributed by atoms with Gasteiger partial charge in [-0.1, -0.05) is 78.9 Å². The molecule has 0 aromatic heterocycles. The number of hydrogen-bond acceptors (Lipinski definition) is 4. The predicted octanol–water partition coefficient (Wildman–Crippen LogP) is 7.21. The van der Waals surface area contributed by atoms with Crippen LogP contribution in [0.4, 0.5) is 5.69 Å². The first-order valence-corrected chi connectivity index (χ1v) is 13.5. The standard InChI is InChI=1S/C32H31NO3S/c1-2-36-32(35)27-19-21-28(22-20-27)33(23-12-24-37-29-17-10-5-11-18-29)31(34)30(25-13-6-3-7-14-25)26-15-8-4-9-16-26/h3-11,13-22,30H,2,12,23-24H2,1H3. The van der Waals surface area contributed by atoms with Crippen molar-refractivity contribution in [1.29, 1.82) is 0 Å². The lowest BCUT2D eigenvalue weighted by atomic mass is 9.89. The fraction of sp³-hybridized carbons (Fsp3) is 0.188. The summed E-state index contributed by atoms with van der Waals surface area (Å²) in [5.41, 5.74) is 3.14. The lowest BCUT2D eigenvalue weighted by Gasteiger charge is -2.28. The van der Waals surface area contributed by atoms with Crippen LogP contribution in [0.2, 0.25) is 0 Å². The third-order valence-corrected chi connectivity index (χ3v) is 7.11. The molecule has 4 nitrogen and oxygen atoms in total. The van der Waals surface area contributed by atoms with Gasteiger partial charge >= 0.3 is 5.97 Å². The third kappa shape index (κ3) is 7.11. The fourth-order valence-electron chi connectivity index (χ4n) is 4.21. The topological polar surface area (TPSA) is 46.6 Å². The number of anilines is 1. The molecule has 188 valence electrons. The van der Waals surface area contributed by atoms with Gasteiger partial charge in [-0.05, 0) is 66.6 Å². The monoisotopic (exact) mass is 509 g/mol. The Labute approximate surface area is 223 Å². The molecule has 4 rings (SSSR count). The molecule has 0 fully saturated rings. The van der Waals surface area contributed by atoms with Gasteiger partial charge in [-0.15, -0.1) is 11.8 Å². The molecule has 0 radical (unpaired) electrons. The van der Waals surface area contributed by atoms with Crippen LogP contribution in [0.25, 0.3) is 0 Å². The molecule has 0 aliphatic heterocycles. The largest absolute Gasteiger partial charge is 0.462 e. The molecule has 0 heterocycles. The van der Waals surface area contributed by atoms with Gasteiger partial charge < -0.3 is 9.64 Å². The summed E-state index contributed by atoms with van der Waals surface area (Å²) in [4.78, 5) is 29.5. The van der Waals surface area contributed by atoms with Crippen molar-refractivity contribution in [3.8, 4) is 0 Å². The highest BCUT2D eigenvalue weighted by Gasteiger charge is 2.28. The number of hydrogen-bond donors (Lipinski definition) is 0. The molecule has 0 bridgehead atoms. The summed E-state index contributed by atoms with van der Waals surface area (Å²) in [5.74, 6) is 0.0910. The first kappa shape index (κ1) is 26.2. The summed E-state index contributed by atoms with van der Waals surface area (Å²) in [5, 5.41) is 0. The summed E-state index contributed by atoms with van der Waals surface area (Å²) in [6, 6.07) is 37.2. The molecule has 0 spiro atoms. The molecular weight excluding hydrogens is 478 g/mol. The van der Waals surface area contributed by atoms with Gasteiger partial charge in [0.1, 0.15) is 0 Å². The number of nitrogens with zero attached hydrogens (tertiary/aromatic N) is 1. The fourth-order valence-corrected chi connectivity index (χ4v) is 5.07. The van der Waals surface area contributed by atoms with E-state index in [1.54, 1.807) is 30.8 Å². The maximum atomic E-state index is 14.3. The molecule has 0 saturated carbocycles. The zero-order valence-electron chi connectivity index (χ0n) is 21.0. The first-order valence-electron chi connectivity index (χ1n) is 12.5. The minimum absolute atomic E-state index is 0.00555. The van der Waals surface area contributed by atoms with Crippen LogP contribution in [0.5, 0.6) is 0 Å². The number of amides is 1. The van der Waals surface area contributed by atoms with Crippen LogP contribution >= 0.6 is 11.8 Å². The van der Waals surface area contributed by atoms with E-state index in [4.69, 9.17) is 4.74 Å². The van der Waals surface area contributed by atoms with E-state index in [1.165, 1.54) is 4.90 Å². The van der Waals surface area contributed by atoms with Gasteiger partial charge in [0.05, 0.1) is 18.1 Å². The first-order chi connectivity index (χ1) is 18.2. The van der Waals surface area contributed by atoms with Crippen molar-refractivity contribution in [1.82, 2.24) is 0 Å². The van der Waals surface area contributed by atoms with Crippen LogP contribution in [0.1, 0.15) is 40.7 Å². The number of ether oxygens (including phenoxy) is 1. The van der Waals surface area contributed by atoms with Crippen LogP contribution in [0.3, 0.4) is 0 Å². The second-order valence-corrected chi connectivity index (χ2v) is 9.69. The highest BCUT2D eigenvalue weighted by atomic mass is 32.2. The summed E-state index contributed by atoms with van der Waals surface area (Å²) >= 11 is 1.78. The molecule has 0 unspecified atom stereocenters. The van der Waals surface area contributed by atoms with Gasteiger partial charge in [-0.2, -0.15) is 0 Å². The molecular formula is C32H31NO3S. The van der Waals surface area contributed by atoms with Crippen molar-refractivity contribution < 1.29 is 14.3 Å². The molecule has 5 heteroatoms. The average molecular weight is 510 g/mol. The van der Waals surface area contributed by atoms with Crippen LogP contribution in [-0.4, -0.2) is 30.8 Å². The summed E-state index contributed by atoms with van der Waals surface area (Å²) < 4.78 is 5.13. The lowest BCUT2D eigenvalue weighted by Crippen LogP contribution is -2.36. The molecule has 4 aromatic carbocycles. The summed E-state index contributed by atoms with van der Waals surface area (Å²) in [7, 11) is 0. The van der Waals surface area contributed by atoms with E-state index in [1.807, 2.05) is 95.9 Å². The van der Waals surface area contributed by atoms with Crippen molar-refractivity contribution in [3.63, 3.8) is 0 Å². The molecule has 4 aromatic rings. The Kier molecular flexibility index (Phi) is 9.55. The third-order valence-electron chi connectivity index (χ3n) is 6.01. The van der Waals surface area contributed by atoms with E-state index >= 15 is 0 Å². The quantitative estimate of drug-likeness (QED) is 0.122. The highest BCUT2D eigenvalue weighted by Crippen LogP contribution is 2.30. The predicted molar refractivity (Wildman–Crippen MR) is 151 cm³/mol. The van der Waals surface area contributed by atoms with Crippen LogP contribution < -0.4 is 4.90 Å². The second kappa shape index (κ2) is 13.5. The van der Waals surface area contributed by atoms with Gasteiger partial charge in [-0.25, -0.2) is 4.79 Å². The zero-order chi connectivity index (χ0) is 25.9. The van der Waals surface area contributed by atoms with Crippen molar-refractivity contribution >= 4 is 29.3 Å². The summed E-state index contributed by atoms with van der Waals surface area (Å²) in [6.07, 6.45) is 0.821. The Morgan fingerprint density at radius 3 is 1.84 bits per heavy atom. The lowest BCUT2D eigenvalue weighted by molar-refractivity contribution is -0.119. The maximum Gasteiger partial charge on any atom is 0.338 e. The number of rotatable bonds is 11. The van der Waals surface area contributed by atoms with Gasteiger partial charge in [-0.3, -0.25) is 4.79 Å². The number of carbonyl (C=O) groups excluding carboxylic acids is 2. The molecule has 0 atom stereocenters. The van der Waals surface area contributed by atoms with Gasteiger partial charge in [0.2, 0.25) is 5.91 Å². The van der Waals surface area contributed by atoms with E-state index in [0.29, 0.717) is 18.7 Å². The van der Waals surface area contributed by atoms with E-state index < -0.39 is 5.92 Å². The van der Waals surface area contributed by atoms with Gasteiger partial charge in [0.15, 0.2) is 0 Å².